The van der Waals surface area contributed by atoms with Gasteiger partial charge in [-0.3, -0.25) is 4.18 Å². The zero-order valence-corrected chi connectivity index (χ0v) is 13.4. The molecule has 8 nitrogen and oxygen atoms in total. The highest BCUT2D eigenvalue weighted by atomic mass is 32.2. The summed E-state index contributed by atoms with van der Waals surface area (Å²) in [5, 5.41) is 11.3. The molecule has 0 atom stereocenters. The van der Waals surface area contributed by atoms with Gasteiger partial charge in [-0.05, 0) is 28.5 Å². The van der Waals surface area contributed by atoms with Gasteiger partial charge in [0.05, 0.1) is 6.61 Å². The highest BCUT2D eigenvalue weighted by Crippen LogP contribution is 2.34. The van der Waals surface area contributed by atoms with Crippen molar-refractivity contribution in [3.05, 3.63) is 34.4 Å². The molecule has 0 aliphatic carbocycles. The Hall–Kier alpha value is -2.26. The molecule has 2 rings (SSSR count). The maximum absolute atomic E-state index is 12.5. The summed E-state index contributed by atoms with van der Waals surface area (Å²) in [4.78, 5) is 13.7. The first-order valence-electron chi connectivity index (χ1n) is 7.10. The van der Waals surface area contributed by atoms with Crippen LogP contribution >= 0.6 is 0 Å². The third-order valence-electron chi connectivity index (χ3n) is 3.27. The summed E-state index contributed by atoms with van der Waals surface area (Å²) >= 11 is 0. The summed E-state index contributed by atoms with van der Waals surface area (Å²) in [6.07, 6.45) is 2.30. The molecule has 0 fully saturated rings. The Morgan fingerprint density at radius 2 is 2.00 bits per heavy atom. The topological polar surface area (TPSA) is 125 Å². The second kappa shape index (κ2) is 6.88. The van der Waals surface area contributed by atoms with Crippen LogP contribution in [0.4, 0.5) is 11.5 Å². The summed E-state index contributed by atoms with van der Waals surface area (Å²) in [6.45, 7) is 1.98. The van der Waals surface area contributed by atoms with E-state index in [0.717, 1.165) is 12.8 Å². The van der Waals surface area contributed by atoms with E-state index in [1.807, 2.05) is 6.92 Å². The molecule has 0 spiro atoms. The molecule has 0 bridgehead atoms. The SMILES string of the molecule is CCCCCOS(=O)(=O)c1c(N)c([N+](=O)[O-])nc2ccccc12. The standard InChI is InChI=1S/C14H17N3O5S/c1-2-3-6-9-22-23(20,21)13-10-7-4-5-8-11(10)16-14(12(13)15)17(18)19/h4-5,7-8H,2-3,6,9,15H2,1H3. The van der Waals surface area contributed by atoms with Crippen molar-refractivity contribution in [1.29, 1.82) is 0 Å². The second-order valence-electron chi connectivity index (χ2n) is 4.94. The molecule has 0 saturated carbocycles. The van der Waals surface area contributed by atoms with Crippen LogP contribution in [0.3, 0.4) is 0 Å². The number of aromatic nitrogens is 1. The van der Waals surface area contributed by atoms with E-state index in [9.17, 15) is 18.5 Å². The molecular formula is C14H17N3O5S. The Bertz CT molecular complexity index is 836. The zero-order valence-electron chi connectivity index (χ0n) is 12.6. The summed E-state index contributed by atoms with van der Waals surface area (Å²) in [7, 11) is -4.22. The van der Waals surface area contributed by atoms with Crippen LogP contribution in [0.1, 0.15) is 26.2 Å². The lowest BCUT2D eigenvalue weighted by Gasteiger charge is -2.10. The van der Waals surface area contributed by atoms with Crippen LogP contribution in [-0.2, 0) is 14.3 Å². The number of nitrogens with zero attached hydrogens (tertiary/aromatic N) is 2. The maximum atomic E-state index is 12.5. The number of anilines is 1. The summed E-state index contributed by atoms with van der Waals surface area (Å²) in [6, 6.07) is 6.18. The van der Waals surface area contributed by atoms with Gasteiger partial charge in [0.15, 0.2) is 11.2 Å². The predicted molar refractivity (Wildman–Crippen MR) is 85.5 cm³/mol. The minimum Gasteiger partial charge on any atom is -0.391 e. The summed E-state index contributed by atoms with van der Waals surface area (Å²) < 4.78 is 29.9. The fourth-order valence-corrected chi connectivity index (χ4v) is 3.43. The van der Waals surface area contributed by atoms with Crippen LogP contribution in [0.25, 0.3) is 10.9 Å². The van der Waals surface area contributed by atoms with Crippen molar-refractivity contribution in [3.63, 3.8) is 0 Å². The van der Waals surface area contributed by atoms with Gasteiger partial charge in [0, 0.05) is 5.39 Å². The van der Waals surface area contributed by atoms with Gasteiger partial charge >= 0.3 is 5.82 Å². The number of hydrogen-bond acceptors (Lipinski definition) is 7. The first-order chi connectivity index (χ1) is 10.9. The van der Waals surface area contributed by atoms with Gasteiger partial charge < -0.3 is 15.8 Å². The Balaban J connectivity index is 2.57. The molecule has 9 heteroatoms. The number of nitro groups is 1. The second-order valence-corrected chi connectivity index (χ2v) is 6.49. The first-order valence-corrected chi connectivity index (χ1v) is 8.51. The molecule has 0 radical (unpaired) electrons. The number of pyridine rings is 1. The monoisotopic (exact) mass is 339 g/mol. The van der Waals surface area contributed by atoms with Crippen molar-refractivity contribution in [2.45, 2.75) is 31.1 Å². The molecule has 0 unspecified atom stereocenters. The number of fused-ring (bicyclic) bond motifs is 1. The molecular weight excluding hydrogens is 322 g/mol. The Labute approximate surface area is 133 Å². The lowest BCUT2D eigenvalue weighted by molar-refractivity contribution is -0.388. The molecule has 124 valence electrons. The highest BCUT2D eigenvalue weighted by Gasteiger charge is 2.30. The number of unbranched alkanes of at least 4 members (excludes halogenated alkanes) is 2. The smallest absolute Gasteiger partial charge is 0.388 e. The minimum atomic E-state index is -4.22. The molecule has 1 heterocycles. The molecule has 2 N–H and O–H groups in total. The van der Waals surface area contributed by atoms with Crippen LogP contribution in [0, 0.1) is 10.1 Å². The number of benzene rings is 1. The van der Waals surface area contributed by atoms with E-state index in [2.05, 4.69) is 4.98 Å². The first kappa shape index (κ1) is 17.1. The largest absolute Gasteiger partial charge is 0.391 e. The van der Waals surface area contributed by atoms with Gasteiger partial charge in [-0.2, -0.15) is 8.42 Å². The molecule has 1 aromatic heterocycles. The van der Waals surface area contributed by atoms with Gasteiger partial charge in [-0.15, -0.1) is 0 Å². The Morgan fingerprint density at radius 3 is 2.65 bits per heavy atom. The summed E-state index contributed by atoms with van der Waals surface area (Å²) in [5.41, 5.74) is 5.36. The van der Waals surface area contributed by atoms with E-state index in [4.69, 9.17) is 9.92 Å². The molecule has 0 aliphatic rings. The quantitative estimate of drug-likeness (QED) is 0.355. The number of rotatable bonds is 7. The maximum Gasteiger partial charge on any atom is 0.388 e. The average Bonchev–Trinajstić information content (AvgIpc) is 2.50. The van der Waals surface area contributed by atoms with Crippen LogP contribution in [0.15, 0.2) is 29.2 Å². The fourth-order valence-electron chi connectivity index (χ4n) is 2.17. The Morgan fingerprint density at radius 1 is 1.30 bits per heavy atom. The number of nitrogens with two attached hydrogens (primary N) is 1. The number of para-hydroxylation sites is 1. The third kappa shape index (κ3) is 3.57. The van der Waals surface area contributed by atoms with E-state index in [-0.39, 0.29) is 17.5 Å². The van der Waals surface area contributed by atoms with Gasteiger partial charge in [0.25, 0.3) is 10.1 Å². The minimum absolute atomic E-state index is 0.0000602. The van der Waals surface area contributed by atoms with E-state index in [1.54, 1.807) is 12.1 Å². The molecule has 1 aromatic carbocycles. The van der Waals surface area contributed by atoms with E-state index < -0.39 is 31.4 Å². The van der Waals surface area contributed by atoms with Crippen LogP contribution in [0.5, 0.6) is 0 Å². The van der Waals surface area contributed by atoms with Crippen molar-refractivity contribution in [2.75, 3.05) is 12.3 Å². The van der Waals surface area contributed by atoms with Crippen molar-refractivity contribution in [3.8, 4) is 0 Å². The molecule has 0 aliphatic heterocycles. The van der Waals surface area contributed by atoms with Crippen molar-refractivity contribution >= 4 is 32.5 Å². The van der Waals surface area contributed by atoms with Gasteiger partial charge in [0.1, 0.15) is 4.90 Å². The third-order valence-corrected chi connectivity index (χ3v) is 4.69. The van der Waals surface area contributed by atoms with E-state index in [0.29, 0.717) is 6.42 Å². The highest BCUT2D eigenvalue weighted by molar-refractivity contribution is 7.87. The van der Waals surface area contributed by atoms with E-state index >= 15 is 0 Å². The average molecular weight is 339 g/mol. The predicted octanol–water partition coefficient (Wildman–Crippen LogP) is 2.62. The summed E-state index contributed by atoms with van der Waals surface area (Å²) in [5.74, 6) is -0.695. The normalized spacial score (nSPS) is 11.7. The molecule has 2 aromatic rings. The zero-order chi connectivity index (χ0) is 17.0. The van der Waals surface area contributed by atoms with E-state index in [1.165, 1.54) is 12.1 Å². The van der Waals surface area contributed by atoms with Gasteiger partial charge in [-0.1, -0.05) is 31.9 Å². The van der Waals surface area contributed by atoms with Gasteiger partial charge in [0.2, 0.25) is 0 Å². The molecule has 0 amide bonds. The van der Waals surface area contributed by atoms with Crippen LogP contribution in [0.2, 0.25) is 0 Å². The number of hydrogen-bond donors (Lipinski definition) is 1. The fraction of sp³-hybridized carbons (Fsp3) is 0.357. The van der Waals surface area contributed by atoms with Crippen molar-refractivity contribution in [2.24, 2.45) is 0 Å². The lowest BCUT2D eigenvalue weighted by atomic mass is 10.2. The van der Waals surface area contributed by atoms with Crippen LogP contribution < -0.4 is 5.73 Å². The van der Waals surface area contributed by atoms with Crippen molar-refractivity contribution < 1.29 is 17.5 Å². The number of nitrogen functional groups attached to an aromatic ring is 1. The van der Waals surface area contributed by atoms with Gasteiger partial charge in [-0.25, -0.2) is 0 Å². The Kier molecular flexibility index (Phi) is 5.12. The lowest BCUT2D eigenvalue weighted by Crippen LogP contribution is -2.13. The molecule has 23 heavy (non-hydrogen) atoms. The van der Waals surface area contributed by atoms with Crippen molar-refractivity contribution in [1.82, 2.24) is 4.98 Å². The van der Waals surface area contributed by atoms with Crippen LogP contribution in [-0.4, -0.2) is 24.9 Å². The molecule has 0 saturated heterocycles.